The number of nitro groups is 1. The Morgan fingerprint density at radius 2 is 1.92 bits per heavy atom. The molecule has 2 heterocycles. The summed E-state index contributed by atoms with van der Waals surface area (Å²) in [7, 11) is 0. The molecule has 5 aromatic rings. The first kappa shape index (κ1) is 34.1. The number of alkyl halides is 3. The Morgan fingerprint density at radius 3 is 2.63 bits per heavy atom. The number of rotatable bonds is 11. The van der Waals surface area contributed by atoms with Gasteiger partial charge in [0.25, 0.3) is 11.8 Å². The zero-order valence-corrected chi connectivity index (χ0v) is 25.1. The molecular weight excluding hydrogens is 658 g/mol. The number of non-ortho nitro benzene ring substituents is 1. The number of fused-ring (bicyclic) bond motifs is 2. The lowest BCUT2D eigenvalue weighted by atomic mass is 10.0. The van der Waals surface area contributed by atoms with E-state index >= 15 is 0 Å². The number of amides is 2. The Hall–Kier alpha value is -6.26. The first-order valence-corrected chi connectivity index (χ1v) is 14.0. The van der Waals surface area contributed by atoms with Gasteiger partial charge in [0.05, 0.1) is 41.4 Å². The van der Waals surface area contributed by atoms with Crippen molar-refractivity contribution in [2.45, 2.75) is 31.8 Å². The summed E-state index contributed by atoms with van der Waals surface area (Å²) in [4.78, 5) is 35.9. The predicted molar refractivity (Wildman–Crippen MR) is 163 cm³/mol. The molecule has 0 fully saturated rings. The molecule has 0 bridgehead atoms. The molecule has 19 heteroatoms. The summed E-state index contributed by atoms with van der Waals surface area (Å²) in [6.45, 7) is 0.548. The fraction of sp³-hybridized carbons (Fsp3) is 0.200. The van der Waals surface area contributed by atoms with Gasteiger partial charge in [-0.05, 0) is 65.3 Å². The summed E-state index contributed by atoms with van der Waals surface area (Å²) < 4.78 is 60.3. The highest BCUT2D eigenvalue weighted by Gasteiger charge is 2.35. The minimum atomic E-state index is -4.86. The minimum Gasteiger partial charge on any atom is -0.378 e. The number of hydrogen-bond acceptors (Lipinski definition) is 11. The van der Waals surface area contributed by atoms with Crippen molar-refractivity contribution in [1.29, 1.82) is 5.26 Å². The molecule has 4 N–H and O–H groups in total. The van der Waals surface area contributed by atoms with Gasteiger partial charge in [-0.2, -0.15) is 23.5 Å². The third-order valence-corrected chi connectivity index (χ3v) is 7.21. The van der Waals surface area contributed by atoms with Crippen LogP contribution in [0.2, 0.25) is 0 Å². The largest absolute Gasteiger partial charge is 0.417 e. The molecule has 0 saturated heterocycles. The molecule has 252 valence electrons. The van der Waals surface area contributed by atoms with Gasteiger partial charge in [0.1, 0.15) is 11.3 Å². The lowest BCUT2D eigenvalue weighted by Gasteiger charge is -2.24. The van der Waals surface area contributed by atoms with Crippen molar-refractivity contribution in [3.63, 3.8) is 0 Å². The van der Waals surface area contributed by atoms with Crippen molar-refractivity contribution in [3.05, 3.63) is 92.9 Å². The van der Waals surface area contributed by atoms with E-state index in [1.165, 1.54) is 47.3 Å². The van der Waals surface area contributed by atoms with Crippen LogP contribution in [0.15, 0.2) is 64.5 Å². The molecule has 0 aliphatic heterocycles. The van der Waals surface area contributed by atoms with E-state index in [2.05, 4.69) is 36.1 Å². The Bertz CT molecular complexity index is 2170. The van der Waals surface area contributed by atoms with Crippen LogP contribution in [0.4, 0.5) is 28.9 Å². The standard InChI is InChI=1S/C30H23F4N9O6/c1-29(46,28(45)38-20-5-2-16(10-35)22(9-20)30(32,33)34)15-42-14-18(21-8-19(31)4-7-23(21)42)12-37-39-25(44)13-36-11-17-3-6-24(43(47)48)27-26(17)40-49-41-27/h2-9,12,14,36,46H,11,13,15H2,1H3,(H,38,45)(H,39,44)/t29-/m0/s1. The topological polar surface area (TPSA) is 214 Å². The summed E-state index contributed by atoms with van der Waals surface area (Å²) in [5.74, 6) is -2.25. The second kappa shape index (κ2) is 13.5. The van der Waals surface area contributed by atoms with E-state index < -0.39 is 52.0 Å². The van der Waals surface area contributed by atoms with Crippen LogP contribution in [-0.2, 0) is 28.9 Å². The molecule has 2 amide bonds. The number of aromatic nitrogens is 3. The lowest BCUT2D eigenvalue weighted by molar-refractivity contribution is -0.383. The summed E-state index contributed by atoms with van der Waals surface area (Å²) in [5, 5.41) is 47.7. The molecule has 0 saturated carbocycles. The minimum absolute atomic E-state index is 0.0399. The number of hydrogen-bond donors (Lipinski definition) is 4. The van der Waals surface area contributed by atoms with Gasteiger partial charge >= 0.3 is 11.9 Å². The van der Waals surface area contributed by atoms with E-state index in [1.807, 2.05) is 0 Å². The highest BCUT2D eigenvalue weighted by Crippen LogP contribution is 2.34. The number of nitrogens with zero attached hydrogens (tertiary/aromatic N) is 6. The molecule has 5 rings (SSSR count). The van der Waals surface area contributed by atoms with Crippen LogP contribution < -0.4 is 16.1 Å². The summed E-state index contributed by atoms with van der Waals surface area (Å²) in [6, 6.07) is 10.4. The number of carbonyl (C=O) groups is 2. The molecule has 0 aliphatic rings. The van der Waals surface area contributed by atoms with Gasteiger partial charge in [0, 0.05) is 41.0 Å². The Kier molecular flexibility index (Phi) is 9.36. The summed E-state index contributed by atoms with van der Waals surface area (Å²) in [6.07, 6.45) is -2.23. The normalized spacial score (nSPS) is 13.0. The van der Waals surface area contributed by atoms with Gasteiger partial charge in [-0.15, -0.1) is 0 Å². The van der Waals surface area contributed by atoms with Crippen LogP contribution in [-0.4, -0.2) is 55.1 Å². The van der Waals surface area contributed by atoms with Gasteiger partial charge in [0.2, 0.25) is 5.52 Å². The van der Waals surface area contributed by atoms with E-state index in [-0.39, 0.29) is 41.1 Å². The van der Waals surface area contributed by atoms with E-state index in [1.54, 1.807) is 0 Å². The molecule has 0 radical (unpaired) electrons. The number of nitriles is 1. The van der Waals surface area contributed by atoms with Gasteiger partial charge in [-0.1, -0.05) is 0 Å². The maximum atomic E-state index is 14.2. The first-order valence-electron chi connectivity index (χ1n) is 14.0. The zero-order chi connectivity index (χ0) is 35.5. The van der Waals surface area contributed by atoms with Crippen molar-refractivity contribution in [2.24, 2.45) is 5.10 Å². The summed E-state index contributed by atoms with van der Waals surface area (Å²) >= 11 is 0. The quantitative estimate of drug-likeness (QED) is 0.0686. The van der Waals surface area contributed by atoms with E-state index in [9.17, 15) is 42.4 Å². The van der Waals surface area contributed by atoms with Gasteiger partial charge in [-0.25, -0.2) is 14.4 Å². The van der Waals surface area contributed by atoms with Crippen molar-refractivity contribution in [3.8, 4) is 6.07 Å². The van der Waals surface area contributed by atoms with E-state index in [0.29, 0.717) is 22.5 Å². The number of halogens is 4. The van der Waals surface area contributed by atoms with E-state index in [4.69, 9.17) is 5.26 Å². The highest BCUT2D eigenvalue weighted by molar-refractivity contribution is 6.00. The number of anilines is 1. The van der Waals surface area contributed by atoms with Crippen LogP contribution in [0, 0.1) is 27.3 Å². The number of aliphatic hydroxyl groups is 1. The Balaban J connectivity index is 1.25. The average molecular weight is 682 g/mol. The first-order chi connectivity index (χ1) is 23.2. The number of benzene rings is 3. The highest BCUT2D eigenvalue weighted by atomic mass is 19.4. The second-order valence-electron chi connectivity index (χ2n) is 10.8. The third-order valence-electron chi connectivity index (χ3n) is 7.21. The van der Waals surface area contributed by atoms with Crippen molar-refractivity contribution in [2.75, 3.05) is 11.9 Å². The Labute approximate surface area is 271 Å². The summed E-state index contributed by atoms with van der Waals surface area (Å²) in [5.41, 5.74) is -1.14. The van der Waals surface area contributed by atoms with Crippen molar-refractivity contribution in [1.82, 2.24) is 25.6 Å². The molecular formula is C30H23F4N9O6. The molecule has 0 spiro atoms. The predicted octanol–water partition coefficient (Wildman–Crippen LogP) is 3.74. The smallest absolute Gasteiger partial charge is 0.378 e. The average Bonchev–Trinajstić information content (AvgIpc) is 3.65. The fourth-order valence-corrected chi connectivity index (χ4v) is 4.87. The van der Waals surface area contributed by atoms with Crippen LogP contribution in [0.1, 0.15) is 29.2 Å². The number of nitrogens with one attached hydrogen (secondary N) is 3. The van der Waals surface area contributed by atoms with Crippen LogP contribution in [0.25, 0.3) is 21.9 Å². The molecule has 2 aromatic heterocycles. The number of carbonyl (C=O) groups excluding carboxylic acids is 2. The van der Waals surface area contributed by atoms with Crippen LogP contribution >= 0.6 is 0 Å². The lowest BCUT2D eigenvalue weighted by Crippen LogP contribution is -2.43. The van der Waals surface area contributed by atoms with Crippen LogP contribution in [0.5, 0.6) is 0 Å². The molecule has 1 atom stereocenters. The maximum Gasteiger partial charge on any atom is 0.417 e. The zero-order valence-electron chi connectivity index (χ0n) is 25.1. The maximum absolute atomic E-state index is 14.2. The van der Waals surface area contributed by atoms with Crippen molar-refractivity contribution >= 4 is 51.3 Å². The molecule has 0 unspecified atom stereocenters. The monoisotopic (exact) mass is 681 g/mol. The van der Waals surface area contributed by atoms with E-state index in [0.717, 1.165) is 25.1 Å². The molecule has 15 nitrogen and oxygen atoms in total. The Morgan fingerprint density at radius 1 is 1.16 bits per heavy atom. The fourth-order valence-electron chi connectivity index (χ4n) is 4.87. The van der Waals surface area contributed by atoms with Gasteiger partial charge < -0.3 is 20.3 Å². The van der Waals surface area contributed by atoms with Gasteiger partial charge in [-0.3, -0.25) is 19.7 Å². The number of hydrazone groups is 1. The number of nitro benzene ring substituents is 1. The second-order valence-corrected chi connectivity index (χ2v) is 10.8. The van der Waals surface area contributed by atoms with Crippen molar-refractivity contribution < 1.29 is 41.8 Å². The molecule has 0 aliphatic carbocycles. The SMILES string of the molecule is C[C@](O)(Cn1cc(C=NNC(=O)CNCc2ccc([N+](=O)[O-])c3nonc23)c2cc(F)ccc21)C(=O)Nc1ccc(C#N)c(C(F)(F)F)c1. The third kappa shape index (κ3) is 7.50. The van der Waals surface area contributed by atoms with Crippen LogP contribution in [0.3, 0.4) is 0 Å². The van der Waals surface area contributed by atoms with Gasteiger partial charge in [0.15, 0.2) is 5.60 Å². The molecule has 3 aromatic carbocycles. The molecule has 49 heavy (non-hydrogen) atoms.